The number of thiophene rings is 1. The topological polar surface area (TPSA) is 109 Å². The van der Waals surface area contributed by atoms with E-state index in [2.05, 4.69) is 5.32 Å². The van der Waals surface area contributed by atoms with Crippen LogP contribution in [0.2, 0.25) is 0 Å². The summed E-state index contributed by atoms with van der Waals surface area (Å²) in [5, 5.41) is 26.2. The SMILES string of the molecule is O=C(Nc1ccccc1)C1=CN(Cc2ccc([N+](=O)[O-])o2)C(c2cccs2)c2cc(O)ccc21. The largest absolute Gasteiger partial charge is 0.508 e. The quantitative estimate of drug-likeness (QED) is 0.281. The number of nitro groups is 1. The van der Waals surface area contributed by atoms with Gasteiger partial charge < -0.3 is 19.7 Å². The summed E-state index contributed by atoms with van der Waals surface area (Å²) in [4.78, 5) is 26.7. The molecule has 8 nitrogen and oxygen atoms in total. The monoisotopic (exact) mass is 473 g/mol. The highest BCUT2D eigenvalue weighted by Gasteiger charge is 2.33. The van der Waals surface area contributed by atoms with E-state index in [4.69, 9.17) is 4.42 Å². The summed E-state index contributed by atoms with van der Waals surface area (Å²) in [5.74, 6) is -0.184. The van der Waals surface area contributed by atoms with Crippen LogP contribution < -0.4 is 5.32 Å². The van der Waals surface area contributed by atoms with Crippen LogP contribution in [-0.2, 0) is 11.3 Å². The zero-order valence-electron chi connectivity index (χ0n) is 17.8. The van der Waals surface area contributed by atoms with Crippen molar-refractivity contribution in [1.82, 2.24) is 4.90 Å². The zero-order valence-corrected chi connectivity index (χ0v) is 18.6. The Labute approximate surface area is 198 Å². The number of nitrogens with one attached hydrogen (secondary N) is 1. The molecule has 0 saturated heterocycles. The highest BCUT2D eigenvalue weighted by atomic mass is 32.1. The fourth-order valence-electron chi connectivity index (χ4n) is 4.04. The zero-order chi connectivity index (χ0) is 23.7. The first-order valence-corrected chi connectivity index (χ1v) is 11.3. The van der Waals surface area contributed by atoms with Crippen LogP contribution in [0.5, 0.6) is 5.75 Å². The number of carbonyl (C=O) groups is 1. The average molecular weight is 474 g/mol. The summed E-state index contributed by atoms with van der Waals surface area (Å²) in [5.41, 5.74) is 2.52. The molecular formula is C25H19N3O5S. The van der Waals surface area contributed by atoms with Crippen molar-refractivity contribution in [3.05, 3.63) is 116 Å². The van der Waals surface area contributed by atoms with Crippen LogP contribution in [0.15, 0.2) is 88.8 Å². The summed E-state index contributed by atoms with van der Waals surface area (Å²) < 4.78 is 5.40. The van der Waals surface area contributed by atoms with Crippen LogP contribution in [0.4, 0.5) is 11.6 Å². The fourth-order valence-corrected chi connectivity index (χ4v) is 4.90. The molecule has 170 valence electrons. The van der Waals surface area contributed by atoms with E-state index in [0.29, 0.717) is 22.6 Å². The molecule has 2 aromatic heterocycles. The number of benzene rings is 2. The molecule has 0 saturated carbocycles. The van der Waals surface area contributed by atoms with Crippen LogP contribution in [-0.4, -0.2) is 20.8 Å². The Morgan fingerprint density at radius 2 is 1.94 bits per heavy atom. The van der Waals surface area contributed by atoms with E-state index in [1.807, 2.05) is 40.6 Å². The normalized spacial score (nSPS) is 14.9. The fraction of sp³-hybridized carbons (Fsp3) is 0.0800. The number of phenolic OH excluding ortho intramolecular Hbond substituents is 1. The first kappa shape index (κ1) is 21.5. The number of aromatic hydroxyl groups is 1. The summed E-state index contributed by atoms with van der Waals surface area (Å²) in [6, 6.07) is 20.5. The lowest BCUT2D eigenvalue weighted by atomic mass is 9.89. The molecule has 5 rings (SSSR count). The summed E-state index contributed by atoms with van der Waals surface area (Å²) in [7, 11) is 0. The number of hydrogen-bond donors (Lipinski definition) is 2. The summed E-state index contributed by atoms with van der Waals surface area (Å²) in [6.07, 6.45) is 1.75. The summed E-state index contributed by atoms with van der Waals surface area (Å²) in [6.45, 7) is 0.188. The molecule has 0 radical (unpaired) electrons. The van der Waals surface area contributed by atoms with Crippen LogP contribution >= 0.6 is 11.3 Å². The van der Waals surface area contributed by atoms with E-state index >= 15 is 0 Å². The predicted octanol–water partition coefficient (Wildman–Crippen LogP) is 5.54. The minimum Gasteiger partial charge on any atom is -0.508 e. The number of phenols is 1. The molecule has 0 aliphatic carbocycles. The Kier molecular flexibility index (Phi) is 5.60. The van der Waals surface area contributed by atoms with Crippen molar-refractivity contribution in [3.63, 3.8) is 0 Å². The van der Waals surface area contributed by atoms with Gasteiger partial charge in [0, 0.05) is 16.8 Å². The first-order valence-electron chi connectivity index (χ1n) is 10.4. The molecule has 1 atom stereocenters. The first-order chi connectivity index (χ1) is 16.5. The van der Waals surface area contributed by atoms with Crippen LogP contribution in [0.3, 0.4) is 0 Å². The maximum Gasteiger partial charge on any atom is 0.433 e. The van der Waals surface area contributed by atoms with Crippen molar-refractivity contribution >= 4 is 34.4 Å². The number of rotatable bonds is 6. The second-order valence-corrected chi connectivity index (χ2v) is 8.70. The molecule has 34 heavy (non-hydrogen) atoms. The smallest absolute Gasteiger partial charge is 0.433 e. The molecule has 1 aliphatic heterocycles. The van der Waals surface area contributed by atoms with Gasteiger partial charge in [0.25, 0.3) is 5.91 Å². The van der Waals surface area contributed by atoms with Crippen molar-refractivity contribution in [1.29, 1.82) is 0 Å². The molecule has 1 aliphatic rings. The number of carbonyl (C=O) groups excluding carboxylic acids is 1. The number of anilines is 1. The highest BCUT2D eigenvalue weighted by molar-refractivity contribution is 7.10. The van der Waals surface area contributed by atoms with E-state index in [9.17, 15) is 20.0 Å². The van der Waals surface area contributed by atoms with Crippen molar-refractivity contribution < 1.29 is 19.2 Å². The van der Waals surface area contributed by atoms with Gasteiger partial charge in [-0.1, -0.05) is 30.3 Å². The van der Waals surface area contributed by atoms with Gasteiger partial charge in [-0.2, -0.15) is 0 Å². The minimum atomic E-state index is -0.585. The van der Waals surface area contributed by atoms with Crippen molar-refractivity contribution in [2.24, 2.45) is 0 Å². The molecule has 0 bridgehead atoms. The molecule has 3 heterocycles. The molecule has 1 amide bonds. The van der Waals surface area contributed by atoms with Gasteiger partial charge in [0.15, 0.2) is 0 Å². The second kappa shape index (κ2) is 8.87. The second-order valence-electron chi connectivity index (χ2n) is 7.72. The number of para-hydroxylation sites is 1. The lowest BCUT2D eigenvalue weighted by molar-refractivity contribution is -0.402. The minimum absolute atomic E-state index is 0.0820. The lowest BCUT2D eigenvalue weighted by Gasteiger charge is -2.36. The number of fused-ring (bicyclic) bond motifs is 1. The molecule has 9 heteroatoms. The maximum atomic E-state index is 13.3. The molecule has 1 unspecified atom stereocenters. The molecule has 2 aromatic carbocycles. The van der Waals surface area contributed by atoms with Gasteiger partial charge in [-0.25, -0.2) is 0 Å². The number of hydrogen-bond acceptors (Lipinski definition) is 7. The van der Waals surface area contributed by atoms with E-state index in [1.54, 1.807) is 53.9 Å². The van der Waals surface area contributed by atoms with Crippen molar-refractivity contribution in [3.8, 4) is 5.75 Å². The predicted molar refractivity (Wildman–Crippen MR) is 128 cm³/mol. The van der Waals surface area contributed by atoms with Gasteiger partial charge in [-0.3, -0.25) is 14.9 Å². The Bertz CT molecular complexity index is 1380. The van der Waals surface area contributed by atoms with E-state index in [1.165, 1.54) is 6.07 Å². The van der Waals surface area contributed by atoms with Crippen LogP contribution in [0, 0.1) is 10.1 Å². The van der Waals surface area contributed by atoms with Gasteiger partial charge in [0.2, 0.25) is 0 Å². The van der Waals surface area contributed by atoms with Crippen molar-refractivity contribution in [2.45, 2.75) is 12.6 Å². The number of amides is 1. The van der Waals surface area contributed by atoms with Crippen molar-refractivity contribution in [2.75, 3.05) is 5.32 Å². The Morgan fingerprint density at radius 3 is 2.65 bits per heavy atom. The number of furan rings is 1. The molecule has 0 fully saturated rings. The Morgan fingerprint density at radius 1 is 1.12 bits per heavy atom. The Balaban J connectivity index is 1.59. The standard InChI is InChI=1S/C25H19N3O5S/c29-17-8-10-19-20(13-17)24(22-7-4-12-34-22)27(14-18-9-11-23(33-18)28(31)32)15-21(19)25(30)26-16-5-2-1-3-6-16/h1-13,15,24,29H,14H2,(H,26,30). The molecule has 2 N–H and O–H groups in total. The third-order valence-electron chi connectivity index (χ3n) is 5.50. The Hall–Kier alpha value is -4.37. The average Bonchev–Trinajstić information content (AvgIpc) is 3.51. The summed E-state index contributed by atoms with van der Waals surface area (Å²) >= 11 is 1.54. The third kappa shape index (κ3) is 4.16. The lowest BCUT2D eigenvalue weighted by Crippen LogP contribution is -2.30. The number of nitrogens with zero attached hydrogens (tertiary/aromatic N) is 2. The van der Waals surface area contributed by atoms with Crippen LogP contribution in [0.1, 0.15) is 27.8 Å². The van der Waals surface area contributed by atoms with Gasteiger partial charge in [-0.05, 0) is 52.9 Å². The third-order valence-corrected chi connectivity index (χ3v) is 6.43. The van der Waals surface area contributed by atoms with E-state index in [0.717, 1.165) is 10.4 Å². The van der Waals surface area contributed by atoms with Gasteiger partial charge in [0.1, 0.15) is 16.4 Å². The van der Waals surface area contributed by atoms with E-state index in [-0.39, 0.29) is 30.1 Å². The van der Waals surface area contributed by atoms with E-state index < -0.39 is 4.92 Å². The molecular weight excluding hydrogens is 454 g/mol. The molecule has 4 aromatic rings. The van der Waals surface area contributed by atoms with Gasteiger partial charge >= 0.3 is 5.88 Å². The highest BCUT2D eigenvalue weighted by Crippen LogP contribution is 2.43. The van der Waals surface area contributed by atoms with Crippen LogP contribution in [0.25, 0.3) is 5.57 Å². The molecule has 0 spiro atoms. The van der Waals surface area contributed by atoms with Gasteiger partial charge in [0.05, 0.1) is 24.2 Å². The van der Waals surface area contributed by atoms with Gasteiger partial charge in [-0.15, -0.1) is 11.3 Å². The maximum absolute atomic E-state index is 13.3.